The van der Waals surface area contributed by atoms with Gasteiger partial charge < -0.3 is 39.1 Å². The molecule has 1 aromatic heterocycles. The zero-order chi connectivity index (χ0) is 36.9. The van der Waals surface area contributed by atoms with Gasteiger partial charge in [0.25, 0.3) is 0 Å². The predicted octanol–water partition coefficient (Wildman–Crippen LogP) is 6.08. The number of rotatable bonds is 10. The fourth-order valence-corrected chi connectivity index (χ4v) is 6.39. The molecule has 270 valence electrons. The Morgan fingerprint density at radius 3 is 2.41 bits per heavy atom. The van der Waals surface area contributed by atoms with Gasteiger partial charge in [0.05, 0.1) is 17.6 Å². The Morgan fingerprint density at radius 1 is 0.980 bits per heavy atom. The number of allylic oxidation sites excluding steroid dienone is 9. The van der Waals surface area contributed by atoms with Crippen LogP contribution in [0.2, 0.25) is 0 Å². The highest BCUT2D eigenvalue weighted by Gasteiger charge is 2.44. The Balaban J connectivity index is 1.19. The first-order valence-corrected chi connectivity index (χ1v) is 17.0. The van der Waals surface area contributed by atoms with Crippen LogP contribution >= 0.6 is 0 Å². The molecule has 1 fully saturated rings. The predicted molar refractivity (Wildman–Crippen MR) is 194 cm³/mol. The van der Waals surface area contributed by atoms with E-state index in [-0.39, 0.29) is 33.1 Å². The molecule has 0 spiro atoms. The standard InChI is InChI=1S/C41H46O10/c1-24(11-18-32-26(3)10-7-19-41(32,4)5)8-6-9-25(2)20-35(43)49-28-14-12-27(13-15-28)31-23-48-33-21-29(16-17-30(33)36(31)44)50-40-39(47)38(46)37(45)34(22-42)51-40/h6,8-9,11-18,20-21,23,34,37-40,42,45-47H,7,10,19,22H2,1-5H3/t34?,37-,38+,39?,40-/m1/s1. The molecule has 2 unspecified atom stereocenters. The highest BCUT2D eigenvalue weighted by molar-refractivity contribution is 5.86. The summed E-state index contributed by atoms with van der Waals surface area (Å²) in [5.41, 5.74) is 5.63. The van der Waals surface area contributed by atoms with Crippen LogP contribution in [0.15, 0.2) is 117 Å². The Kier molecular flexibility index (Phi) is 12.0. The van der Waals surface area contributed by atoms with Gasteiger partial charge >= 0.3 is 5.97 Å². The second kappa shape index (κ2) is 16.2. The van der Waals surface area contributed by atoms with Crippen LogP contribution in [-0.2, 0) is 9.53 Å². The smallest absolute Gasteiger partial charge is 0.336 e. The quantitative estimate of drug-likeness (QED) is 0.0848. The third-order valence-corrected chi connectivity index (χ3v) is 9.35. The number of benzene rings is 2. The molecule has 5 atom stereocenters. The molecule has 2 heterocycles. The molecule has 1 aliphatic heterocycles. The maximum atomic E-state index is 13.3. The van der Waals surface area contributed by atoms with Gasteiger partial charge in [0, 0.05) is 12.1 Å². The van der Waals surface area contributed by atoms with E-state index in [1.165, 1.54) is 54.5 Å². The van der Waals surface area contributed by atoms with E-state index < -0.39 is 43.3 Å². The van der Waals surface area contributed by atoms with E-state index in [4.69, 9.17) is 18.6 Å². The molecule has 0 amide bonds. The molecule has 1 aliphatic carbocycles. The highest BCUT2D eigenvalue weighted by Crippen LogP contribution is 2.40. The average Bonchev–Trinajstić information content (AvgIpc) is 3.08. The molecule has 10 heteroatoms. The third-order valence-electron chi connectivity index (χ3n) is 9.35. The van der Waals surface area contributed by atoms with Gasteiger partial charge in [-0.2, -0.15) is 0 Å². The van der Waals surface area contributed by atoms with Crippen LogP contribution in [-0.4, -0.2) is 63.7 Å². The summed E-state index contributed by atoms with van der Waals surface area (Å²) in [4.78, 5) is 25.9. The third kappa shape index (κ3) is 9.02. The van der Waals surface area contributed by atoms with E-state index in [2.05, 4.69) is 32.9 Å². The van der Waals surface area contributed by atoms with Crippen LogP contribution in [0.4, 0.5) is 0 Å². The maximum absolute atomic E-state index is 13.3. The summed E-state index contributed by atoms with van der Waals surface area (Å²) in [6.07, 6.45) is 9.23. The molecule has 0 saturated carbocycles. The molecule has 10 nitrogen and oxygen atoms in total. The lowest BCUT2D eigenvalue weighted by atomic mass is 9.72. The van der Waals surface area contributed by atoms with E-state index in [1.54, 1.807) is 24.3 Å². The van der Waals surface area contributed by atoms with Crippen molar-refractivity contribution in [2.45, 2.75) is 84.6 Å². The maximum Gasteiger partial charge on any atom is 0.336 e. The van der Waals surface area contributed by atoms with E-state index in [0.29, 0.717) is 11.3 Å². The van der Waals surface area contributed by atoms with E-state index in [1.807, 2.05) is 32.1 Å². The minimum absolute atomic E-state index is 0.166. The number of carbonyl (C=O) groups is 1. The van der Waals surface area contributed by atoms with E-state index >= 15 is 0 Å². The summed E-state index contributed by atoms with van der Waals surface area (Å²) < 4.78 is 22.2. The average molecular weight is 699 g/mol. The zero-order valence-electron chi connectivity index (χ0n) is 29.5. The largest absolute Gasteiger partial charge is 0.463 e. The van der Waals surface area contributed by atoms with Gasteiger partial charge in [0.2, 0.25) is 6.29 Å². The topological polar surface area (TPSA) is 156 Å². The van der Waals surface area contributed by atoms with Gasteiger partial charge in [0.15, 0.2) is 5.43 Å². The number of carbonyl (C=O) groups excluding carboxylic acids is 1. The monoisotopic (exact) mass is 698 g/mol. The van der Waals surface area contributed by atoms with Gasteiger partial charge in [-0.25, -0.2) is 4.79 Å². The van der Waals surface area contributed by atoms with Crippen LogP contribution in [0.1, 0.15) is 53.9 Å². The number of hydrogen-bond acceptors (Lipinski definition) is 10. The molecule has 5 rings (SSSR count). The highest BCUT2D eigenvalue weighted by atomic mass is 16.7. The van der Waals surface area contributed by atoms with Crippen molar-refractivity contribution in [1.82, 2.24) is 0 Å². The molecule has 3 aromatic rings. The number of fused-ring (bicyclic) bond motifs is 1. The van der Waals surface area contributed by atoms with Crippen molar-refractivity contribution < 1.29 is 43.8 Å². The Labute approximate surface area is 297 Å². The summed E-state index contributed by atoms with van der Waals surface area (Å²) in [6.45, 7) is 10.1. The van der Waals surface area contributed by atoms with Crippen molar-refractivity contribution in [2.24, 2.45) is 5.41 Å². The van der Waals surface area contributed by atoms with Gasteiger partial charge in [-0.1, -0.05) is 67.5 Å². The number of aliphatic hydroxyl groups is 4. The minimum Gasteiger partial charge on any atom is -0.463 e. The molecular weight excluding hydrogens is 652 g/mol. The summed E-state index contributed by atoms with van der Waals surface area (Å²) >= 11 is 0. The van der Waals surface area contributed by atoms with Crippen molar-refractivity contribution >= 4 is 16.9 Å². The second-order valence-electron chi connectivity index (χ2n) is 13.8. The van der Waals surface area contributed by atoms with Crippen LogP contribution in [0.25, 0.3) is 22.1 Å². The lowest BCUT2D eigenvalue weighted by molar-refractivity contribution is -0.277. The van der Waals surface area contributed by atoms with Crippen LogP contribution in [0.3, 0.4) is 0 Å². The summed E-state index contributed by atoms with van der Waals surface area (Å²) in [6, 6.07) is 10.9. The van der Waals surface area contributed by atoms with Crippen molar-refractivity contribution in [2.75, 3.05) is 6.61 Å². The zero-order valence-corrected chi connectivity index (χ0v) is 29.5. The molecule has 1 saturated heterocycles. The van der Waals surface area contributed by atoms with Crippen LogP contribution in [0.5, 0.6) is 11.5 Å². The summed E-state index contributed by atoms with van der Waals surface area (Å²) in [5.74, 6) is -0.0490. The van der Waals surface area contributed by atoms with Gasteiger partial charge in [-0.3, -0.25) is 4.79 Å². The van der Waals surface area contributed by atoms with Crippen LogP contribution in [0, 0.1) is 5.41 Å². The summed E-state index contributed by atoms with van der Waals surface area (Å²) in [7, 11) is 0. The number of ether oxygens (including phenoxy) is 3. The SMILES string of the molecule is CC(C=CC1=C(C)CCCC1(C)C)=CC=CC(C)=CC(=O)Oc1ccc(-c2coc3cc(O[C@@H]4OC(CO)[C@@H](O)[C@H](O)C4O)ccc3c2=O)cc1. The van der Waals surface area contributed by atoms with Crippen molar-refractivity contribution in [3.63, 3.8) is 0 Å². The fraction of sp³-hybridized carbons (Fsp3) is 0.366. The Morgan fingerprint density at radius 2 is 1.71 bits per heavy atom. The lowest BCUT2D eigenvalue weighted by Gasteiger charge is -2.39. The molecule has 0 bridgehead atoms. The van der Waals surface area contributed by atoms with E-state index in [0.717, 1.165) is 17.6 Å². The first-order valence-electron chi connectivity index (χ1n) is 17.0. The Hall–Kier alpha value is -4.58. The normalized spacial score (nSPS) is 24.5. The second-order valence-corrected chi connectivity index (χ2v) is 13.8. The summed E-state index contributed by atoms with van der Waals surface area (Å²) in [5, 5.41) is 39.9. The molecule has 2 aliphatic rings. The fourth-order valence-electron chi connectivity index (χ4n) is 6.39. The molecular formula is C41H46O10. The van der Waals surface area contributed by atoms with Gasteiger partial charge in [-0.05, 0) is 86.4 Å². The first-order chi connectivity index (χ1) is 24.3. The molecule has 51 heavy (non-hydrogen) atoms. The van der Waals surface area contributed by atoms with E-state index in [9.17, 15) is 30.0 Å². The van der Waals surface area contributed by atoms with Crippen molar-refractivity contribution in [3.8, 4) is 22.6 Å². The van der Waals surface area contributed by atoms with Crippen molar-refractivity contribution in [1.29, 1.82) is 0 Å². The number of esters is 1. The lowest BCUT2D eigenvalue weighted by Crippen LogP contribution is -2.60. The van der Waals surface area contributed by atoms with Gasteiger partial charge in [0.1, 0.15) is 47.8 Å². The first kappa shape index (κ1) is 37.7. The molecule has 2 aromatic carbocycles. The molecule has 4 N–H and O–H groups in total. The molecule has 0 radical (unpaired) electrons. The van der Waals surface area contributed by atoms with Crippen LogP contribution < -0.4 is 14.9 Å². The number of aliphatic hydroxyl groups excluding tert-OH is 4. The van der Waals surface area contributed by atoms with Gasteiger partial charge in [-0.15, -0.1) is 0 Å². The Bertz CT molecular complexity index is 1940. The minimum atomic E-state index is -1.59. The van der Waals surface area contributed by atoms with Crippen molar-refractivity contribution in [3.05, 3.63) is 118 Å². The number of hydrogen-bond donors (Lipinski definition) is 4.